The lowest BCUT2D eigenvalue weighted by Crippen LogP contribution is -2.37. The van der Waals surface area contributed by atoms with Gasteiger partial charge in [0.05, 0.1) is 22.4 Å². The molecule has 1 aromatic heterocycles. The molecule has 122 valence electrons. The molecule has 3 rings (SSSR count). The Morgan fingerprint density at radius 3 is 3.04 bits per heavy atom. The van der Waals surface area contributed by atoms with E-state index in [4.69, 9.17) is 16.3 Å². The van der Waals surface area contributed by atoms with Crippen LogP contribution in [0, 0.1) is 0 Å². The second-order valence-corrected chi connectivity index (χ2v) is 6.00. The number of likely N-dealkylation sites (N-methyl/N-ethyl adjacent to an activating group) is 1. The van der Waals surface area contributed by atoms with Crippen molar-refractivity contribution >= 4 is 17.5 Å². The molecule has 0 aliphatic carbocycles. The van der Waals surface area contributed by atoms with Gasteiger partial charge in [0, 0.05) is 32.1 Å². The number of aromatic nitrogens is 2. The topological polar surface area (TPSA) is 47.4 Å². The van der Waals surface area contributed by atoms with Crippen LogP contribution in [0.2, 0.25) is 5.02 Å². The van der Waals surface area contributed by atoms with E-state index in [1.165, 1.54) is 0 Å². The van der Waals surface area contributed by atoms with Crippen LogP contribution in [0.25, 0.3) is 5.69 Å². The Kier molecular flexibility index (Phi) is 4.98. The Balaban J connectivity index is 1.83. The second-order valence-electron chi connectivity index (χ2n) is 5.59. The number of amides is 1. The molecule has 2 aromatic rings. The van der Waals surface area contributed by atoms with Gasteiger partial charge in [0.25, 0.3) is 5.91 Å². The maximum absolute atomic E-state index is 12.9. The molecule has 5 nitrogen and oxygen atoms in total. The van der Waals surface area contributed by atoms with Crippen LogP contribution in [0.5, 0.6) is 0 Å². The van der Waals surface area contributed by atoms with Crippen molar-refractivity contribution in [3.63, 3.8) is 0 Å². The largest absolute Gasteiger partial charge is 0.376 e. The van der Waals surface area contributed by atoms with Crippen LogP contribution in [0.3, 0.4) is 0 Å². The summed E-state index contributed by atoms with van der Waals surface area (Å²) in [4.78, 5) is 14.7. The Morgan fingerprint density at radius 2 is 2.39 bits per heavy atom. The van der Waals surface area contributed by atoms with Gasteiger partial charge in [0.2, 0.25) is 0 Å². The molecule has 0 N–H and O–H groups in total. The van der Waals surface area contributed by atoms with E-state index in [2.05, 4.69) is 5.10 Å². The van der Waals surface area contributed by atoms with Crippen LogP contribution < -0.4 is 0 Å². The highest BCUT2D eigenvalue weighted by Crippen LogP contribution is 2.22. The monoisotopic (exact) mass is 333 g/mol. The average molecular weight is 334 g/mol. The van der Waals surface area contributed by atoms with Crippen LogP contribution in [0.15, 0.2) is 36.7 Å². The number of hydrogen-bond donors (Lipinski definition) is 0. The second kappa shape index (κ2) is 7.15. The number of carbonyl (C=O) groups excluding carboxylic acids is 1. The molecule has 0 radical (unpaired) electrons. The van der Waals surface area contributed by atoms with Crippen LogP contribution in [0.1, 0.15) is 30.1 Å². The first kappa shape index (κ1) is 16.0. The maximum atomic E-state index is 12.9. The number of nitrogens with zero attached hydrogens (tertiary/aromatic N) is 3. The summed E-state index contributed by atoms with van der Waals surface area (Å²) < 4.78 is 7.35. The molecule has 0 bridgehead atoms. The van der Waals surface area contributed by atoms with Crippen molar-refractivity contribution in [2.75, 3.05) is 19.7 Å². The van der Waals surface area contributed by atoms with Gasteiger partial charge in [-0.05, 0) is 44.0 Å². The highest BCUT2D eigenvalue weighted by atomic mass is 35.5. The van der Waals surface area contributed by atoms with E-state index in [0.717, 1.165) is 25.1 Å². The molecule has 23 heavy (non-hydrogen) atoms. The van der Waals surface area contributed by atoms with E-state index in [-0.39, 0.29) is 12.0 Å². The van der Waals surface area contributed by atoms with Gasteiger partial charge in [-0.25, -0.2) is 4.68 Å². The highest BCUT2D eigenvalue weighted by molar-refractivity contribution is 6.33. The van der Waals surface area contributed by atoms with E-state index >= 15 is 0 Å². The van der Waals surface area contributed by atoms with Gasteiger partial charge >= 0.3 is 0 Å². The number of rotatable bonds is 5. The normalized spacial score (nSPS) is 17.4. The average Bonchev–Trinajstić information content (AvgIpc) is 3.26. The van der Waals surface area contributed by atoms with Crippen molar-refractivity contribution in [1.29, 1.82) is 0 Å². The van der Waals surface area contributed by atoms with Crippen LogP contribution in [-0.4, -0.2) is 46.4 Å². The zero-order valence-corrected chi connectivity index (χ0v) is 13.9. The zero-order valence-electron chi connectivity index (χ0n) is 13.1. The Bertz CT molecular complexity index is 666. The lowest BCUT2D eigenvalue weighted by molar-refractivity contribution is 0.0539. The Hall–Kier alpha value is -1.85. The third-order valence-electron chi connectivity index (χ3n) is 4.07. The quantitative estimate of drug-likeness (QED) is 0.844. The Morgan fingerprint density at radius 1 is 1.52 bits per heavy atom. The molecule has 0 unspecified atom stereocenters. The molecule has 1 fully saturated rings. The van der Waals surface area contributed by atoms with Gasteiger partial charge in [0.15, 0.2) is 0 Å². The molecule has 0 spiro atoms. The predicted molar refractivity (Wildman–Crippen MR) is 89.1 cm³/mol. The van der Waals surface area contributed by atoms with Crippen molar-refractivity contribution in [3.05, 3.63) is 47.2 Å². The highest BCUT2D eigenvalue weighted by Gasteiger charge is 2.24. The van der Waals surface area contributed by atoms with Gasteiger partial charge in [0.1, 0.15) is 0 Å². The number of halogens is 1. The first-order valence-corrected chi connectivity index (χ1v) is 8.27. The van der Waals surface area contributed by atoms with E-state index in [1.54, 1.807) is 27.9 Å². The van der Waals surface area contributed by atoms with Crippen LogP contribution >= 0.6 is 11.6 Å². The molecule has 2 heterocycles. The number of hydrogen-bond acceptors (Lipinski definition) is 3. The fraction of sp³-hybridized carbons (Fsp3) is 0.412. The molecule has 1 aliphatic heterocycles. The maximum Gasteiger partial charge on any atom is 0.255 e. The molecule has 1 atom stereocenters. The van der Waals surface area contributed by atoms with Crippen molar-refractivity contribution in [1.82, 2.24) is 14.7 Å². The molecule has 0 saturated carbocycles. The van der Waals surface area contributed by atoms with E-state index < -0.39 is 0 Å². The van der Waals surface area contributed by atoms with Gasteiger partial charge in [-0.15, -0.1) is 0 Å². The smallest absolute Gasteiger partial charge is 0.255 e. The van der Waals surface area contributed by atoms with Gasteiger partial charge in [-0.3, -0.25) is 4.79 Å². The third-order valence-corrected chi connectivity index (χ3v) is 4.40. The minimum Gasteiger partial charge on any atom is -0.376 e. The summed E-state index contributed by atoms with van der Waals surface area (Å²) in [7, 11) is 0. The molecule has 1 aliphatic rings. The van der Waals surface area contributed by atoms with Crippen LogP contribution in [0.4, 0.5) is 0 Å². The lowest BCUT2D eigenvalue weighted by atomic mass is 10.1. The number of benzene rings is 1. The molecule has 1 aromatic carbocycles. The first-order chi connectivity index (χ1) is 11.2. The minimum absolute atomic E-state index is 0.0676. The molecular weight excluding hydrogens is 314 g/mol. The minimum atomic E-state index is -0.0676. The summed E-state index contributed by atoms with van der Waals surface area (Å²) in [6.45, 7) is 3.99. The van der Waals surface area contributed by atoms with Crippen LogP contribution in [-0.2, 0) is 4.74 Å². The zero-order chi connectivity index (χ0) is 16.2. The number of ether oxygens (including phenoxy) is 1. The summed E-state index contributed by atoms with van der Waals surface area (Å²) in [5.74, 6) is -0.0676. The standard InChI is InChI=1S/C17H20ClN3O2/c1-2-20(12-14-5-3-10-23-14)17(22)15-11-13(6-7-16(15)18)21-9-4-8-19-21/h4,6-9,11,14H,2-3,5,10,12H2,1H3/t14-/m1/s1. The van der Waals surface area contributed by atoms with Crippen molar-refractivity contribution in [3.8, 4) is 5.69 Å². The fourth-order valence-corrected chi connectivity index (χ4v) is 3.00. The summed E-state index contributed by atoms with van der Waals surface area (Å²) in [6.07, 6.45) is 5.73. The molecular formula is C17H20ClN3O2. The summed E-state index contributed by atoms with van der Waals surface area (Å²) in [6, 6.07) is 7.22. The lowest BCUT2D eigenvalue weighted by Gasteiger charge is -2.24. The van der Waals surface area contributed by atoms with E-state index in [1.807, 2.05) is 25.3 Å². The third kappa shape index (κ3) is 3.57. The molecule has 1 amide bonds. The number of carbonyl (C=O) groups is 1. The van der Waals surface area contributed by atoms with Crippen molar-refractivity contribution in [2.45, 2.75) is 25.9 Å². The van der Waals surface area contributed by atoms with Crippen molar-refractivity contribution < 1.29 is 9.53 Å². The summed E-state index contributed by atoms with van der Waals surface area (Å²) in [5.41, 5.74) is 1.32. The molecule has 1 saturated heterocycles. The van der Waals surface area contributed by atoms with Gasteiger partial charge in [-0.1, -0.05) is 11.6 Å². The Labute approximate surface area is 140 Å². The molecule has 6 heteroatoms. The predicted octanol–water partition coefficient (Wildman–Crippen LogP) is 3.17. The SMILES string of the molecule is CCN(C[C@H]1CCCO1)C(=O)c1cc(-n2cccn2)ccc1Cl. The van der Waals surface area contributed by atoms with E-state index in [0.29, 0.717) is 23.7 Å². The van der Waals surface area contributed by atoms with Gasteiger partial charge < -0.3 is 9.64 Å². The summed E-state index contributed by atoms with van der Waals surface area (Å²) in [5, 5.41) is 4.65. The van der Waals surface area contributed by atoms with E-state index in [9.17, 15) is 4.79 Å². The van der Waals surface area contributed by atoms with Gasteiger partial charge in [-0.2, -0.15) is 5.10 Å². The summed E-state index contributed by atoms with van der Waals surface area (Å²) >= 11 is 6.26. The van der Waals surface area contributed by atoms with Crippen molar-refractivity contribution in [2.24, 2.45) is 0 Å². The first-order valence-electron chi connectivity index (χ1n) is 7.89. The fourth-order valence-electron chi connectivity index (χ4n) is 2.80.